The summed E-state index contributed by atoms with van der Waals surface area (Å²) in [5.74, 6) is -0.286. The smallest absolute Gasteiger partial charge is 0.333 e. The SMILES string of the molecule is COC(=O)C1=CC[C@H](n2cnc3c(=O)[nH]c(N)nc32)C1. The number of hydrogen-bond donors (Lipinski definition) is 2. The van der Waals surface area contributed by atoms with Crippen molar-refractivity contribution in [1.82, 2.24) is 19.5 Å². The van der Waals surface area contributed by atoms with Crippen LogP contribution in [0, 0.1) is 0 Å². The number of aromatic nitrogens is 4. The molecule has 0 fully saturated rings. The summed E-state index contributed by atoms with van der Waals surface area (Å²) in [6.45, 7) is 0. The van der Waals surface area contributed by atoms with Crippen molar-refractivity contribution in [3.63, 3.8) is 0 Å². The lowest BCUT2D eigenvalue weighted by Gasteiger charge is -2.12. The Morgan fingerprint density at radius 1 is 1.60 bits per heavy atom. The highest BCUT2D eigenvalue weighted by Gasteiger charge is 2.25. The minimum Gasteiger partial charge on any atom is -0.466 e. The number of methoxy groups -OCH3 is 1. The van der Waals surface area contributed by atoms with E-state index >= 15 is 0 Å². The van der Waals surface area contributed by atoms with Crippen LogP contribution < -0.4 is 11.3 Å². The molecule has 8 heteroatoms. The number of ether oxygens (including phenoxy) is 1. The van der Waals surface area contributed by atoms with Gasteiger partial charge in [-0.25, -0.2) is 9.78 Å². The standard InChI is InChI=1S/C12H13N5O3/c1-20-11(19)6-2-3-7(4-6)17-5-14-8-9(17)15-12(13)16-10(8)18/h2,5,7H,3-4H2,1H3,(H3,13,15,16,18)/t7-/m0/s1. The molecule has 1 aliphatic carbocycles. The molecule has 104 valence electrons. The summed E-state index contributed by atoms with van der Waals surface area (Å²) in [6, 6.07) is -0.0113. The second-order valence-corrected chi connectivity index (χ2v) is 4.59. The molecule has 2 aromatic heterocycles. The Morgan fingerprint density at radius 3 is 3.15 bits per heavy atom. The molecule has 0 aliphatic heterocycles. The minimum absolute atomic E-state index is 0.0113. The van der Waals surface area contributed by atoms with Crippen molar-refractivity contribution in [3.05, 3.63) is 28.3 Å². The Hall–Kier alpha value is -2.64. The molecule has 0 unspecified atom stereocenters. The highest BCUT2D eigenvalue weighted by atomic mass is 16.5. The molecule has 3 rings (SSSR count). The predicted molar refractivity (Wildman–Crippen MR) is 70.9 cm³/mol. The average Bonchev–Trinajstić information content (AvgIpc) is 3.03. The van der Waals surface area contributed by atoms with E-state index in [4.69, 9.17) is 10.5 Å². The van der Waals surface area contributed by atoms with Gasteiger partial charge in [-0.2, -0.15) is 4.98 Å². The van der Waals surface area contributed by atoms with Gasteiger partial charge in [0.05, 0.1) is 13.4 Å². The number of nitrogen functional groups attached to an aromatic ring is 1. The van der Waals surface area contributed by atoms with Crippen molar-refractivity contribution in [2.75, 3.05) is 12.8 Å². The van der Waals surface area contributed by atoms with Gasteiger partial charge >= 0.3 is 5.97 Å². The maximum atomic E-state index is 11.7. The first-order valence-corrected chi connectivity index (χ1v) is 6.10. The number of H-pyrrole nitrogens is 1. The first-order chi connectivity index (χ1) is 9.60. The van der Waals surface area contributed by atoms with E-state index < -0.39 is 0 Å². The lowest BCUT2D eigenvalue weighted by molar-refractivity contribution is -0.136. The van der Waals surface area contributed by atoms with Crippen LogP contribution in [-0.2, 0) is 9.53 Å². The van der Waals surface area contributed by atoms with Crippen LogP contribution in [0.15, 0.2) is 22.8 Å². The Morgan fingerprint density at radius 2 is 2.40 bits per heavy atom. The van der Waals surface area contributed by atoms with Gasteiger partial charge in [0.25, 0.3) is 5.56 Å². The lowest BCUT2D eigenvalue weighted by atomic mass is 10.2. The molecule has 0 radical (unpaired) electrons. The Bertz CT molecular complexity index is 773. The van der Waals surface area contributed by atoms with E-state index in [1.165, 1.54) is 7.11 Å². The number of hydrogen-bond acceptors (Lipinski definition) is 6. The molecule has 8 nitrogen and oxygen atoms in total. The number of nitrogens with two attached hydrogens (primary N) is 1. The first-order valence-electron chi connectivity index (χ1n) is 6.10. The third-order valence-electron chi connectivity index (χ3n) is 3.38. The average molecular weight is 275 g/mol. The second-order valence-electron chi connectivity index (χ2n) is 4.59. The van der Waals surface area contributed by atoms with E-state index in [-0.39, 0.29) is 29.0 Å². The molecule has 2 heterocycles. The largest absolute Gasteiger partial charge is 0.466 e. The summed E-state index contributed by atoms with van der Waals surface area (Å²) >= 11 is 0. The van der Waals surface area contributed by atoms with Gasteiger partial charge in [-0.1, -0.05) is 6.08 Å². The normalized spacial score (nSPS) is 18.2. The number of anilines is 1. The van der Waals surface area contributed by atoms with Crippen LogP contribution in [0.25, 0.3) is 11.2 Å². The van der Waals surface area contributed by atoms with Gasteiger partial charge in [0.1, 0.15) is 0 Å². The fraction of sp³-hybridized carbons (Fsp3) is 0.333. The number of aromatic amines is 1. The number of allylic oxidation sites excluding steroid dienone is 1. The third kappa shape index (κ3) is 1.85. The predicted octanol–water partition coefficient (Wildman–Crippen LogP) is 0.136. The van der Waals surface area contributed by atoms with Crippen molar-refractivity contribution in [3.8, 4) is 0 Å². The summed E-state index contributed by atoms with van der Waals surface area (Å²) in [5.41, 5.74) is 6.47. The summed E-state index contributed by atoms with van der Waals surface area (Å²) in [5, 5.41) is 0. The molecule has 0 saturated heterocycles. The van der Waals surface area contributed by atoms with Crippen LogP contribution in [0.1, 0.15) is 18.9 Å². The lowest BCUT2D eigenvalue weighted by Crippen LogP contribution is -2.14. The number of imidazole rings is 1. The Labute approximate surface area is 113 Å². The molecule has 0 spiro atoms. The molecule has 20 heavy (non-hydrogen) atoms. The van der Waals surface area contributed by atoms with E-state index in [0.29, 0.717) is 24.1 Å². The highest BCUT2D eigenvalue weighted by molar-refractivity contribution is 5.89. The number of nitrogens with zero attached hydrogens (tertiary/aromatic N) is 3. The van der Waals surface area contributed by atoms with Crippen LogP contribution in [0.4, 0.5) is 5.95 Å². The number of nitrogens with one attached hydrogen (secondary N) is 1. The molecule has 2 aromatic rings. The third-order valence-corrected chi connectivity index (χ3v) is 3.38. The number of esters is 1. The first kappa shape index (κ1) is 12.4. The summed E-state index contributed by atoms with van der Waals surface area (Å²) in [4.78, 5) is 33.8. The number of rotatable bonds is 2. The molecule has 3 N–H and O–H groups in total. The van der Waals surface area contributed by atoms with Crippen LogP contribution in [0.5, 0.6) is 0 Å². The number of carbonyl (C=O) groups excluding carboxylic acids is 1. The van der Waals surface area contributed by atoms with Gasteiger partial charge < -0.3 is 15.0 Å². The van der Waals surface area contributed by atoms with E-state index in [1.54, 1.807) is 10.9 Å². The fourth-order valence-electron chi connectivity index (χ4n) is 2.42. The van der Waals surface area contributed by atoms with Crippen molar-refractivity contribution < 1.29 is 9.53 Å². The van der Waals surface area contributed by atoms with Crippen LogP contribution in [0.2, 0.25) is 0 Å². The van der Waals surface area contributed by atoms with Crippen LogP contribution in [0.3, 0.4) is 0 Å². The van der Waals surface area contributed by atoms with Gasteiger partial charge in [-0.15, -0.1) is 0 Å². The van der Waals surface area contributed by atoms with Crippen LogP contribution >= 0.6 is 0 Å². The van der Waals surface area contributed by atoms with E-state index in [2.05, 4.69) is 15.0 Å². The summed E-state index contributed by atoms with van der Waals surface area (Å²) < 4.78 is 6.47. The van der Waals surface area contributed by atoms with Gasteiger partial charge in [-0.05, 0) is 6.42 Å². The zero-order chi connectivity index (χ0) is 14.3. The van der Waals surface area contributed by atoms with Gasteiger partial charge in [-0.3, -0.25) is 9.78 Å². The molecule has 1 atom stereocenters. The van der Waals surface area contributed by atoms with Crippen molar-refractivity contribution in [2.45, 2.75) is 18.9 Å². The van der Waals surface area contributed by atoms with Gasteiger partial charge in [0.2, 0.25) is 5.95 Å². The summed E-state index contributed by atoms with van der Waals surface area (Å²) in [7, 11) is 1.35. The van der Waals surface area contributed by atoms with Crippen molar-refractivity contribution in [2.24, 2.45) is 0 Å². The molecule has 0 amide bonds. The minimum atomic E-state index is -0.370. The van der Waals surface area contributed by atoms with E-state index in [0.717, 1.165) is 0 Å². The maximum absolute atomic E-state index is 11.7. The molecular formula is C12H13N5O3. The summed E-state index contributed by atoms with van der Waals surface area (Å²) in [6.07, 6.45) is 4.56. The Kier molecular flexibility index (Phi) is 2.78. The number of carbonyl (C=O) groups is 1. The Balaban J connectivity index is 1.97. The number of fused-ring (bicyclic) bond motifs is 1. The zero-order valence-electron chi connectivity index (χ0n) is 10.8. The molecule has 0 bridgehead atoms. The molecule has 0 aromatic carbocycles. The van der Waals surface area contributed by atoms with Crippen molar-refractivity contribution in [1.29, 1.82) is 0 Å². The van der Waals surface area contributed by atoms with Crippen LogP contribution in [-0.4, -0.2) is 32.6 Å². The quantitative estimate of drug-likeness (QED) is 0.753. The second kappa shape index (κ2) is 4.48. The zero-order valence-corrected chi connectivity index (χ0v) is 10.8. The molecule has 0 saturated carbocycles. The molecule has 1 aliphatic rings. The van der Waals surface area contributed by atoms with Crippen molar-refractivity contribution >= 4 is 23.1 Å². The van der Waals surface area contributed by atoms with E-state index in [9.17, 15) is 9.59 Å². The topological polar surface area (TPSA) is 116 Å². The van der Waals surface area contributed by atoms with E-state index in [1.807, 2.05) is 6.08 Å². The molecular weight excluding hydrogens is 262 g/mol. The fourth-order valence-corrected chi connectivity index (χ4v) is 2.42. The maximum Gasteiger partial charge on any atom is 0.333 e. The van der Waals surface area contributed by atoms with Gasteiger partial charge in [0, 0.05) is 18.0 Å². The monoisotopic (exact) mass is 275 g/mol. The highest BCUT2D eigenvalue weighted by Crippen LogP contribution is 2.31. The van der Waals surface area contributed by atoms with Gasteiger partial charge in [0.15, 0.2) is 11.2 Å².